The van der Waals surface area contributed by atoms with Crippen LogP contribution in [0.4, 0.5) is 17.6 Å². The Morgan fingerprint density at radius 3 is 2.62 bits per heavy atom. The van der Waals surface area contributed by atoms with Crippen LogP contribution < -0.4 is 4.74 Å². The Labute approximate surface area is 119 Å². The standard InChI is InChI=1S/C14H14F4O3/c1-3-13(19)20-7-6-9(2)10-4-5-12(11(15)8-10)21-14(16,17)18/h3-5,8-9H,1,6-7H2,2H3. The summed E-state index contributed by atoms with van der Waals surface area (Å²) < 4.78 is 57.9. The Balaban J connectivity index is 2.65. The predicted octanol–water partition coefficient (Wildman–Crippen LogP) is 3.95. The van der Waals surface area contributed by atoms with Crippen LogP contribution in [0.5, 0.6) is 5.75 Å². The number of halogens is 4. The number of alkyl halides is 3. The van der Waals surface area contributed by atoms with E-state index < -0.39 is 23.9 Å². The van der Waals surface area contributed by atoms with Crippen LogP contribution in [0, 0.1) is 5.82 Å². The van der Waals surface area contributed by atoms with Gasteiger partial charge in [-0.15, -0.1) is 13.2 Å². The molecule has 0 saturated heterocycles. The smallest absolute Gasteiger partial charge is 0.463 e. The molecule has 0 aliphatic carbocycles. The number of carbonyl (C=O) groups is 1. The molecule has 0 saturated carbocycles. The van der Waals surface area contributed by atoms with Crippen LogP contribution in [0.3, 0.4) is 0 Å². The maximum Gasteiger partial charge on any atom is 0.573 e. The third-order valence-electron chi connectivity index (χ3n) is 2.71. The Bertz CT molecular complexity index is 511. The topological polar surface area (TPSA) is 35.5 Å². The Hall–Kier alpha value is -2.05. The molecule has 0 aliphatic rings. The summed E-state index contributed by atoms with van der Waals surface area (Å²) in [5.41, 5.74) is 0.483. The highest BCUT2D eigenvalue weighted by molar-refractivity contribution is 5.81. The average Bonchev–Trinajstić information content (AvgIpc) is 2.39. The third kappa shape index (κ3) is 5.85. The summed E-state index contributed by atoms with van der Waals surface area (Å²) in [7, 11) is 0. The first-order chi connectivity index (χ1) is 9.73. The molecule has 0 amide bonds. The molecule has 7 heteroatoms. The number of esters is 1. The molecule has 0 radical (unpaired) electrons. The Kier molecular flexibility index (Phi) is 5.75. The summed E-state index contributed by atoms with van der Waals surface area (Å²) in [6.07, 6.45) is -3.51. The Morgan fingerprint density at radius 1 is 1.43 bits per heavy atom. The number of benzene rings is 1. The van der Waals surface area contributed by atoms with E-state index >= 15 is 0 Å². The number of hydrogen-bond acceptors (Lipinski definition) is 3. The SMILES string of the molecule is C=CC(=O)OCCC(C)c1ccc(OC(F)(F)F)c(F)c1. The molecule has 0 spiro atoms. The molecule has 116 valence electrons. The van der Waals surface area contributed by atoms with Gasteiger partial charge in [-0.1, -0.05) is 19.6 Å². The highest BCUT2D eigenvalue weighted by atomic mass is 19.4. The van der Waals surface area contributed by atoms with E-state index in [4.69, 9.17) is 4.74 Å². The van der Waals surface area contributed by atoms with Crippen molar-refractivity contribution in [3.8, 4) is 5.75 Å². The number of rotatable bonds is 6. The lowest BCUT2D eigenvalue weighted by atomic mass is 9.98. The fourth-order valence-electron chi connectivity index (χ4n) is 1.59. The van der Waals surface area contributed by atoms with Crippen molar-refractivity contribution in [2.75, 3.05) is 6.61 Å². The molecule has 0 fully saturated rings. The molecule has 0 heterocycles. The summed E-state index contributed by atoms with van der Waals surface area (Å²) in [5.74, 6) is -2.74. The van der Waals surface area contributed by atoms with E-state index in [2.05, 4.69) is 11.3 Å². The van der Waals surface area contributed by atoms with Gasteiger partial charge in [0.1, 0.15) is 0 Å². The van der Waals surface area contributed by atoms with Crippen molar-refractivity contribution in [3.05, 3.63) is 42.2 Å². The summed E-state index contributed by atoms with van der Waals surface area (Å²) >= 11 is 0. The van der Waals surface area contributed by atoms with Gasteiger partial charge < -0.3 is 9.47 Å². The van der Waals surface area contributed by atoms with E-state index in [0.29, 0.717) is 12.0 Å². The minimum Gasteiger partial charge on any atom is -0.463 e. The first kappa shape index (κ1) is 17.0. The molecule has 1 atom stereocenters. The molecule has 1 unspecified atom stereocenters. The van der Waals surface area contributed by atoms with Crippen LogP contribution in [0.25, 0.3) is 0 Å². The second kappa shape index (κ2) is 7.10. The maximum absolute atomic E-state index is 13.5. The molecule has 0 aliphatic heterocycles. The van der Waals surface area contributed by atoms with Crippen LogP contribution in [-0.2, 0) is 9.53 Å². The third-order valence-corrected chi connectivity index (χ3v) is 2.71. The zero-order valence-electron chi connectivity index (χ0n) is 11.2. The molecule has 21 heavy (non-hydrogen) atoms. The minimum absolute atomic E-state index is 0.106. The summed E-state index contributed by atoms with van der Waals surface area (Å²) in [6, 6.07) is 3.23. The highest BCUT2D eigenvalue weighted by Crippen LogP contribution is 2.29. The van der Waals surface area contributed by atoms with E-state index in [1.165, 1.54) is 6.07 Å². The van der Waals surface area contributed by atoms with Crippen LogP contribution >= 0.6 is 0 Å². The number of carbonyl (C=O) groups excluding carboxylic acids is 1. The molecule has 1 aromatic carbocycles. The van der Waals surface area contributed by atoms with Crippen molar-refractivity contribution in [1.29, 1.82) is 0 Å². The van der Waals surface area contributed by atoms with Crippen LogP contribution in [0.15, 0.2) is 30.9 Å². The lowest BCUT2D eigenvalue weighted by Gasteiger charge is -2.14. The normalized spacial score (nSPS) is 12.6. The van der Waals surface area contributed by atoms with Crippen LogP contribution in [0.2, 0.25) is 0 Å². The van der Waals surface area contributed by atoms with Gasteiger partial charge >= 0.3 is 12.3 Å². The molecular weight excluding hydrogens is 292 g/mol. The van der Waals surface area contributed by atoms with Gasteiger partial charge in [-0.25, -0.2) is 9.18 Å². The zero-order chi connectivity index (χ0) is 16.0. The lowest BCUT2D eigenvalue weighted by molar-refractivity contribution is -0.275. The largest absolute Gasteiger partial charge is 0.573 e. The van der Waals surface area contributed by atoms with E-state index in [9.17, 15) is 22.4 Å². The minimum atomic E-state index is -4.94. The van der Waals surface area contributed by atoms with Crippen LogP contribution in [0.1, 0.15) is 24.8 Å². The summed E-state index contributed by atoms with van der Waals surface area (Å²) in [4.78, 5) is 10.8. The molecule has 1 rings (SSSR count). The van der Waals surface area contributed by atoms with Crippen LogP contribution in [-0.4, -0.2) is 18.9 Å². The first-order valence-electron chi connectivity index (χ1n) is 6.07. The number of hydrogen-bond donors (Lipinski definition) is 0. The molecular formula is C14H14F4O3. The maximum atomic E-state index is 13.5. The monoisotopic (exact) mass is 306 g/mol. The predicted molar refractivity (Wildman–Crippen MR) is 67.3 cm³/mol. The van der Waals surface area contributed by atoms with Crippen molar-refractivity contribution < 1.29 is 31.8 Å². The van der Waals surface area contributed by atoms with E-state index in [1.54, 1.807) is 6.92 Å². The Morgan fingerprint density at radius 2 is 2.10 bits per heavy atom. The fraction of sp³-hybridized carbons (Fsp3) is 0.357. The van der Waals surface area contributed by atoms with E-state index in [0.717, 1.165) is 18.2 Å². The van der Waals surface area contributed by atoms with Gasteiger partial charge in [-0.05, 0) is 30.0 Å². The molecule has 1 aromatic rings. The van der Waals surface area contributed by atoms with Crippen molar-refractivity contribution >= 4 is 5.97 Å². The van der Waals surface area contributed by atoms with Gasteiger partial charge in [0, 0.05) is 6.08 Å². The molecule has 0 aromatic heterocycles. The lowest BCUT2D eigenvalue weighted by Crippen LogP contribution is -2.18. The summed E-state index contributed by atoms with van der Waals surface area (Å²) in [5, 5.41) is 0. The van der Waals surface area contributed by atoms with Crippen molar-refractivity contribution in [2.24, 2.45) is 0 Å². The van der Waals surface area contributed by atoms with Gasteiger partial charge in [-0.3, -0.25) is 0 Å². The zero-order valence-corrected chi connectivity index (χ0v) is 11.2. The van der Waals surface area contributed by atoms with Crippen molar-refractivity contribution in [2.45, 2.75) is 25.6 Å². The second-order valence-electron chi connectivity index (χ2n) is 4.30. The van der Waals surface area contributed by atoms with E-state index in [1.807, 2.05) is 0 Å². The quantitative estimate of drug-likeness (QED) is 0.453. The molecule has 0 N–H and O–H groups in total. The average molecular weight is 306 g/mol. The second-order valence-corrected chi connectivity index (χ2v) is 4.30. The fourth-order valence-corrected chi connectivity index (χ4v) is 1.59. The van der Waals surface area contributed by atoms with Gasteiger partial charge in [0.25, 0.3) is 0 Å². The molecule has 0 bridgehead atoms. The van der Waals surface area contributed by atoms with Crippen molar-refractivity contribution in [3.63, 3.8) is 0 Å². The summed E-state index contributed by atoms with van der Waals surface area (Å²) in [6.45, 7) is 5.08. The highest BCUT2D eigenvalue weighted by Gasteiger charge is 2.32. The van der Waals surface area contributed by atoms with Gasteiger partial charge in [0.15, 0.2) is 11.6 Å². The van der Waals surface area contributed by atoms with Gasteiger partial charge in [0.2, 0.25) is 0 Å². The van der Waals surface area contributed by atoms with Gasteiger partial charge in [-0.2, -0.15) is 0 Å². The van der Waals surface area contributed by atoms with E-state index in [-0.39, 0.29) is 12.5 Å². The first-order valence-corrected chi connectivity index (χ1v) is 6.07. The van der Waals surface area contributed by atoms with Gasteiger partial charge in [0.05, 0.1) is 6.61 Å². The number of ether oxygens (including phenoxy) is 2. The van der Waals surface area contributed by atoms with Crippen molar-refractivity contribution in [1.82, 2.24) is 0 Å². The molecule has 3 nitrogen and oxygen atoms in total.